The normalized spacial score (nSPS) is 17.7. The van der Waals surface area contributed by atoms with Crippen molar-refractivity contribution in [2.24, 2.45) is 11.8 Å². The molecule has 0 fully saturated rings. The van der Waals surface area contributed by atoms with Crippen molar-refractivity contribution < 1.29 is 4.79 Å². The molecule has 0 spiro atoms. The van der Waals surface area contributed by atoms with Crippen LogP contribution < -0.4 is 11.2 Å². The third-order valence-electron chi connectivity index (χ3n) is 4.43. The number of rotatable bonds is 3. The molecule has 6 nitrogen and oxygen atoms in total. The molecule has 0 amide bonds. The van der Waals surface area contributed by atoms with E-state index in [0.717, 1.165) is 12.0 Å². The fraction of sp³-hybridized carbons (Fsp3) is 0.529. The molecule has 0 bridgehead atoms. The molecule has 0 saturated heterocycles. The summed E-state index contributed by atoms with van der Waals surface area (Å²) >= 11 is 0. The lowest BCUT2D eigenvalue weighted by atomic mass is 9.84. The quantitative estimate of drug-likeness (QED) is 0.937. The number of pyridine rings is 1. The highest BCUT2D eigenvalue weighted by molar-refractivity contribution is 6.02. The Morgan fingerprint density at radius 3 is 2.74 bits per heavy atom. The first-order valence-electron chi connectivity index (χ1n) is 8.06. The van der Waals surface area contributed by atoms with Gasteiger partial charge in [-0.05, 0) is 30.2 Å². The maximum atomic E-state index is 12.4. The van der Waals surface area contributed by atoms with Crippen LogP contribution in [0, 0.1) is 11.8 Å². The molecule has 0 aromatic carbocycles. The summed E-state index contributed by atoms with van der Waals surface area (Å²) in [5.41, 5.74) is 0.760. The molecule has 0 unspecified atom stereocenters. The van der Waals surface area contributed by atoms with E-state index in [-0.39, 0.29) is 11.7 Å². The van der Waals surface area contributed by atoms with Crippen LogP contribution in [0.2, 0.25) is 0 Å². The summed E-state index contributed by atoms with van der Waals surface area (Å²) in [4.78, 5) is 43.4. The van der Waals surface area contributed by atoms with Gasteiger partial charge in [0.1, 0.15) is 5.65 Å². The second kappa shape index (κ2) is 5.76. The third-order valence-corrected chi connectivity index (χ3v) is 4.43. The number of ketones is 1. The number of fused-ring (bicyclic) bond motifs is 3. The molecule has 0 radical (unpaired) electrons. The predicted molar refractivity (Wildman–Crippen MR) is 87.9 cm³/mol. The van der Waals surface area contributed by atoms with Gasteiger partial charge in [-0.25, -0.2) is 9.78 Å². The molecule has 6 heteroatoms. The lowest BCUT2D eigenvalue weighted by Crippen LogP contribution is -2.33. The van der Waals surface area contributed by atoms with E-state index in [4.69, 9.17) is 0 Å². The molecule has 1 aliphatic rings. The lowest BCUT2D eigenvalue weighted by molar-refractivity contribution is 0.0953. The standard InChI is InChI=1S/C17H21N3O3/c1-9(2)4-5-20-15-14(16(22)19-17(20)23)11-6-10(3)7-13(21)12(11)8-18-15/h8-10H,4-7H2,1-3H3,(H,19,22,23)/t10-/m1/s1. The minimum Gasteiger partial charge on any atom is -0.294 e. The van der Waals surface area contributed by atoms with E-state index in [1.54, 1.807) is 0 Å². The van der Waals surface area contributed by atoms with Gasteiger partial charge in [0.25, 0.3) is 5.56 Å². The van der Waals surface area contributed by atoms with Crippen molar-refractivity contribution in [2.75, 3.05) is 0 Å². The SMILES string of the molecule is CC(C)CCn1c(=O)[nH]c(=O)c2c3c(cnc21)C(=O)C[C@H](C)C3. The number of aryl methyl sites for hydroxylation is 1. The minimum absolute atomic E-state index is 0.0208. The van der Waals surface area contributed by atoms with Gasteiger partial charge in [0, 0.05) is 24.7 Å². The summed E-state index contributed by atoms with van der Waals surface area (Å²) in [5, 5.41) is 0.394. The van der Waals surface area contributed by atoms with E-state index in [2.05, 4.69) is 23.8 Å². The molecule has 0 saturated carbocycles. The third kappa shape index (κ3) is 2.73. The maximum Gasteiger partial charge on any atom is 0.329 e. The van der Waals surface area contributed by atoms with Gasteiger partial charge in [-0.15, -0.1) is 0 Å². The van der Waals surface area contributed by atoms with Crippen LogP contribution in [0.3, 0.4) is 0 Å². The lowest BCUT2D eigenvalue weighted by Gasteiger charge is -2.21. The van der Waals surface area contributed by atoms with Crippen LogP contribution in [-0.4, -0.2) is 20.3 Å². The van der Waals surface area contributed by atoms with Crippen molar-refractivity contribution in [1.82, 2.24) is 14.5 Å². The molecule has 3 rings (SSSR count). The average Bonchev–Trinajstić information content (AvgIpc) is 2.45. The van der Waals surface area contributed by atoms with Gasteiger partial charge >= 0.3 is 5.69 Å². The van der Waals surface area contributed by atoms with Crippen molar-refractivity contribution in [3.05, 3.63) is 38.2 Å². The largest absolute Gasteiger partial charge is 0.329 e. The van der Waals surface area contributed by atoms with Crippen LogP contribution in [0.25, 0.3) is 11.0 Å². The molecule has 23 heavy (non-hydrogen) atoms. The number of hydrogen-bond donors (Lipinski definition) is 1. The number of H-pyrrole nitrogens is 1. The number of aromatic amines is 1. The number of nitrogens with one attached hydrogen (secondary N) is 1. The Morgan fingerprint density at radius 2 is 2.04 bits per heavy atom. The summed E-state index contributed by atoms with van der Waals surface area (Å²) in [5.74, 6) is 0.645. The number of Topliss-reactive ketones (excluding diaryl/α,β-unsaturated/α-hetero) is 1. The first kappa shape index (κ1) is 15.6. The van der Waals surface area contributed by atoms with E-state index in [1.807, 2.05) is 6.92 Å². The molecule has 2 aromatic heterocycles. The zero-order chi connectivity index (χ0) is 16.7. The zero-order valence-electron chi connectivity index (χ0n) is 13.7. The summed E-state index contributed by atoms with van der Waals surface area (Å²) in [6, 6.07) is 0. The molecule has 2 aromatic rings. The Hall–Kier alpha value is -2.24. The van der Waals surface area contributed by atoms with Gasteiger partial charge in [0.05, 0.1) is 5.39 Å². The summed E-state index contributed by atoms with van der Waals surface area (Å²) in [6.07, 6.45) is 3.47. The molecule has 1 aliphatic carbocycles. The van der Waals surface area contributed by atoms with Crippen LogP contribution in [0.4, 0.5) is 0 Å². The van der Waals surface area contributed by atoms with Crippen molar-refractivity contribution in [1.29, 1.82) is 0 Å². The Labute approximate surface area is 133 Å². The fourth-order valence-corrected chi connectivity index (χ4v) is 3.20. The maximum absolute atomic E-state index is 12.4. The monoisotopic (exact) mass is 315 g/mol. The topological polar surface area (TPSA) is 84.8 Å². The Bertz CT molecular complexity index is 892. The van der Waals surface area contributed by atoms with Crippen LogP contribution >= 0.6 is 0 Å². The van der Waals surface area contributed by atoms with E-state index < -0.39 is 11.2 Å². The van der Waals surface area contributed by atoms with Crippen LogP contribution in [0.15, 0.2) is 15.8 Å². The molecule has 122 valence electrons. The average molecular weight is 315 g/mol. The number of hydrogen-bond acceptors (Lipinski definition) is 4. The van der Waals surface area contributed by atoms with Gasteiger partial charge in [-0.3, -0.25) is 19.1 Å². The van der Waals surface area contributed by atoms with Crippen molar-refractivity contribution in [3.63, 3.8) is 0 Å². The summed E-state index contributed by atoms with van der Waals surface area (Å²) in [6.45, 7) is 6.65. The van der Waals surface area contributed by atoms with Crippen molar-refractivity contribution in [2.45, 2.75) is 46.6 Å². The Morgan fingerprint density at radius 1 is 1.30 bits per heavy atom. The van der Waals surface area contributed by atoms with E-state index in [0.29, 0.717) is 41.9 Å². The zero-order valence-corrected chi connectivity index (χ0v) is 13.7. The van der Waals surface area contributed by atoms with Crippen LogP contribution in [-0.2, 0) is 13.0 Å². The molecule has 1 atom stereocenters. The predicted octanol–water partition coefficient (Wildman–Crippen LogP) is 1.90. The van der Waals surface area contributed by atoms with E-state index in [9.17, 15) is 14.4 Å². The number of aromatic nitrogens is 3. The molecular weight excluding hydrogens is 294 g/mol. The molecule has 2 heterocycles. The highest BCUT2D eigenvalue weighted by atomic mass is 16.2. The van der Waals surface area contributed by atoms with Gasteiger partial charge in [0.2, 0.25) is 0 Å². The minimum atomic E-state index is -0.447. The smallest absolute Gasteiger partial charge is 0.294 e. The van der Waals surface area contributed by atoms with Crippen molar-refractivity contribution in [3.8, 4) is 0 Å². The van der Waals surface area contributed by atoms with Gasteiger partial charge in [-0.1, -0.05) is 20.8 Å². The Balaban J connectivity index is 2.28. The number of nitrogens with zero attached hydrogens (tertiary/aromatic N) is 2. The molecular formula is C17H21N3O3. The van der Waals surface area contributed by atoms with Gasteiger partial charge in [-0.2, -0.15) is 0 Å². The first-order chi connectivity index (χ1) is 10.9. The Kier molecular flexibility index (Phi) is 3.92. The van der Waals surface area contributed by atoms with Crippen LogP contribution in [0.1, 0.15) is 49.5 Å². The highest BCUT2D eigenvalue weighted by Crippen LogP contribution is 2.28. The molecule has 1 N–H and O–H groups in total. The summed E-state index contributed by atoms with van der Waals surface area (Å²) < 4.78 is 1.51. The molecule has 0 aliphatic heterocycles. The van der Waals surface area contributed by atoms with Crippen molar-refractivity contribution >= 4 is 16.8 Å². The number of carbonyl (C=O) groups excluding carboxylic acids is 1. The van der Waals surface area contributed by atoms with Gasteiger partial charge < -0.3 is 0 Å². The van der Waals surface area contributed by atoms with E-state index in [1.165, 1.54) is 10.8 Å². The van der Waals surface area contributed by atoms with E-state index >= 15 is 0 Å². The number of carbonyl (C=O) groups is 1. The second-order valence-electron chi connectivity index (χ2n) is 6.88. The summed E-state index contributed by atoms with van der Waals surface area (Å²) in [7, 11) is 0. The van der Waals surface area contributed by atoms with Gasteiger partial charge in [0.15, 0.2) is 5.78 Å². The highest BCUT2D eigenvalue weighted by Gasteiger charge is 2.26. The second-order valence-corrected chi connectivity index (χ2v) is 6.88. The first-order valence-corrected chi connectivity index (χ1v) is 8.06. The van der Waals surface area contributed by atoms with Crippen LogP contribution in [0.5, 0.6) is 0 Å². The fourth-order valence-electron chi connectivity index (χ4n) is 3.20.